The molecule has 0 heterocycles. The fourth-order valence-corrected chi connectivity index (χ4v) is 1.22. The van der Waals surface area contributed by atoms with E-state index in [1.54, 1.807) is 13.0 Å². The topological polar surface area (TPSA) is 0 Å². The van der Waals surface area contributed by atoms with Gasteiger partial charge in [0.2, 0.25) is 0 Å². The van der Waals surface area contributed by atoms with E-state index < -0.39 is 0 Å². The van der Waals surface area contributed by atoms with Crippen LogP contribution in [0.25, 0.3) is 0 Å². The summed E-state index contributed by atoms with van der Waals surface area (Å²) in [5.41, 5.74) is 1.89. The molecule has 0 unspecified atom stereocenters. The molecule has 0 spiro atoms. The van der Waals surface area contributed by atoms with Crippen molar-refractivity contribution in [2.45, 2.75) is 12.1 Å². The summed E-state index contributed by atoms with van der Waals surface area (Å²) in [5.74, 6) is -0.121. The standard InChI is InChI=1S/C8H8AsF/c1-6-4-7(5-9)2-3-8(6)10/h2-4H,5H2,1H3. The first-order valence-electron chi connectivity index (χ1n) is 3.10. The zero-order valence-electron chi connectivity index (χ0n) is 5.76. The molecule has 0 atom stereocenters. The molecule has 0 N–H and O–H groups in total. The Morgan fingerprint density at radius 2 is 2.20 bits per heavy atom. The number of aryl methyl sites for hydroxylation is 1. The number of halogens is 1. The first-order chi connectivity index (χ1) is 4.74. The molecule has 2 heteroatoms. The molecule has 2 radical (unpaired) electrons. The van der Waals surface area contributed by atoms with Gasteiger partial charge in [-0.25, -0.2) is 0 Å². The predicted octanol–water partition coefficient (Wildman–Crippen LogP) is 1.80. The van der Waals surface area contributed by atoms with Crippen LogP contribution in [0.3, 0.4) is 0 Å². The van der Waals surface area contributed by atoms with Gasteiger partial charge in [0.05, 0.1) is 0 Å². The summed E-state index contributed by atoms with van der Waals surface area (Å²) in [5, 5.41) is 0.911. The Balaban J connectivity index is 3.04. The fraction of sp³-hybridized carbons (Fsp3) is 0.250. The van der Waals surface area contributed by atoms with E-state index in [9.17, 15) is 4.39 Å². The summed E-state index contributed by atoms with van der Waals surface area (Å²) >= 11 is 2.47. The van der Waals surface area contributed by atoms with Crippen molar-refractivity contribution in [1.29, 1.82) is 0 Å². The molecule has 1 aromatic rings. The monoisotopic (exact) mass is 198 g/mol. The van der Waals surface area contributed by atoms with Gasteiger partial charge in [-0.15, -0.1) is 0 Å². The molecule has 0 bridgehead atoms. The molecule has 1 rings (SSSR count). The van der Waals surface area contributed by atoms with Crippen LogP contribution in [0.1, 0.15) is 11.1 Å². The SMILES string of the molecule is Cc1cc(C[As])ccc1F. The molecule has 0 aliphatic heterocycles. The molecule has 52 valence electrons. The van der Waals surface area contributed by atoms with Gasteiger partial charge in [-0.3, -0.25) is 0 Å². The molecule has 1 aromatic carbocycles. The predicted molar refractivity (Wildman–Crippen MR) is 40.6 cm³/mol. The summed E-state index contributed by atoms with van der Waals surface area (Å²) < 4.78 is 12.6. The quantitative estimate of drug-likeness (QED) is 0.603. The van der Waals surface area contributed by atoms with Crippen LogP contribution in [0.2, 0.25) is 0 Å². The van der Waals surface area contributed by atoms with E-state index in [0.717, 1.165) is 10.8 Å². The van der Waals surface area contributed by atoms with Crippen molar-refractivity contribution in [3.8, 4) is 0 Å². The van der Waals surface area contributed by atoms with Gasteiger partial charge in [0.25, 0.3) is 0 Å². The van der Waals surface area contributed by atoms with Crippen molar-refractivity contribution in [1.82, 2.24) is 0 Å². The maximum atomic E-state index is 12.6. The molecular formula is C8H8AsF. The molecule has 10 heavy (non-hydrogen) atoms. The molecular weight excluding hydrogens is 190 g/mol. The van der Waals surface area contributed by atoms with Crippen molar-refractivity contribution in [2.24, 2.45) is 0 Å². The number of hydrogen-bond acceptors (Lipinski definition) is 0. The van der Waals surface area contributed by atoms with E-state index in [-0.39, 0.29) is 5.82 Å². The molecule has 0 aliphatic carbocycles. The Morgan fingerprint density at radius 3 is 2.70 bits per heavy atom. The number of benzene rings is 1. The Morgan fingerprint density at radius 1 is 1.50 bits per heavy atom. The van der Waals surface area contributed by atoms with Crippen LogP contribution in [0, 0.1) is 12.7 Å². The Hall–Kier alpha value is -0.292. The maximum absolute atomic E-state index is 12.6. The molecule has 0 amide bonds. The minimum absolute atomic E-state index is 0.121. The zero-order valence-corrected chi connectivity index (χ0v) is 7.64. The summed E-state index contributed by atoms with van der Waals surface area (Å²) in [6.45, 7) is 1.78. The van der Waals surface area contributed by atoms with E-state index >= 15 is 0 Å². The van der Waals surface area contributed by atoms with E-state index in [1.807, 2.05) is 6.07 Å². The molecule has 0 saturated carbocycles. The van der Waals surface area contributed by atoms with Gasteiger partial charge in [-0.05, 0) is 0 Å². The van der Waals surface area contributed by atoms with Crippen LogP contribution in [0.5, 0.6) is 0 Å². The van der Waals surface area contributed by atoms with E-state index in [0.29, 0.717) is 0 Å². The second-order valence-corrected chi connectivity index (χ2v) is 2.91. The normalized spacial score (nSPS) is 9.90. The third kappa shape index (κ3) is 1.60. The van der Waals surface area contributed by atoms with Gasteiger partial charge in [0.15, 0.2) is 0 Å². The first kappa shape index (κ1) is 7.81. The fourth-order valence-electron chi connectivity index (χ4n) is 0.805. The summed E-state index contributed by atoms with van der Waals surface area (Å²) in [7, 11) is 0. The Labute approximate surface area is 68.9 Å². The van der Waals surface area contributed by atoms with Crippen LogP contribution >= 0.6 is 0 Å². The van der Waals surface area contributed by atoms with Crippen molar-refractivity contribution in [3.63, 3.8) is 0 Å². The van der Waals surface area contributed by atoms with E-state index in [4.69, 9.17) is 0 Å². The van der Waals surface area contributed by atoms with Gasteiger partial charge in [-0.2, -0.15) is 0 Å². The minimum atomic E-state index is -0.121. The van der Waals surface area contributed by atoms with Gasteiger partial charge in [-0.1, -0.05) is 0 Å². The van der Waals surface area contributed by atoms with Gasteiger partial charge in [0, 0.05) is 0 Å². The van der Waals surface area contributed by atoms with Crippen LogP contribution in [-0.2, 0) is 5.21 Å². The van der Waals surface area contributed by atoms with Crippen LogP contribution in [-0.4, -0.2) is 16.9 Å². The summed E-state index contributed by atoms with van der Waals surface area (Å²) in [4.78, 5) is 0. The number of hydrogen-bond donors (Lipinski definition) is 0. The Kier molecular flexibility index (Phi) is 2.50. The van der Waals surface area contributed by atoms with Crippen molar-refractivity contribution in [3.05, 3.63) is 35.1 Å². The second kappa shape index (κ2) is 3.20. The van der Waals surface area contributed by atoms with Gasteiger partial charge in [0.1, 0.15) is 0 Å². The average molecular weight is 198 g/mol. The van der Waals surface area contributed by atoms with Crippen molar-refractivity contribution < 1.29 is 4.39 Å². The molecule has 0 nitrogen and oxygen atoms in total. The summed E-state index contributed by atoms with van der Waals surface area (Å²) in [6, 6.07) is 5.19. The number of rotatable bonds is 1. The third-order valence-corrected chi connectivity index (χ3v) is 2.17. The average Bonchev–Trinajstić information content (AvgIpc) is 1.95. The van der Waals surface area contributed by atoms with Crippen molar-refractivity contribution in [2.75, 3.05) is 0 Å². The second-order valence-electron chi connectivity index (χ2n) is 2.24. The van der Waals surface area contributed by atoms with Crippen molar-refractivity contribution >= 4 is 16.9 Å². The molecule has 0 saturated heterocycles. The van der Waals surface area contributed by atoms with Gasteiger partial charge < -0.3 is 0 Å². The molecule has 0 aromatic heterocycles. The van der Waals surface area contributed by atoms with E-state index in [2.05, 4.69) is 16.9 Å². The Bertz CT molecular complexity index is 233. The first-order valence-corrected chi connectivity index (χ1v) is 4.42. The summed E-state index contributed by atoms with van der Waals surface area (Å²) in [6.07, 6.45) is 0. The van der Waals surface area contributed by atoms with Crippen LogP contribution in [0.4, 0.5) is 4.39 Å². The van der Waals surface area contributed by atoms with Crippen LogP contribution in [0.15, 0.2) is 18.2 Å². The third-order valence-electron chi connectivity index (χ3n) is 1.40. The van der Waals surface area contributed by atoms with Gasteiger partial charge >= 0.3 is 68.5 Å². The van der Waals surface area contributed by atoms with E-state index in [1.165, 1.54) is 11.6 Å². The molecule has 0 fully saturated rings. The zero-order chi connectivity index (χ0) is 7.56. The van der Waals surface area contributed by atoms with Crippen LogP contribution < -0.4 is 0 Å². The molecule has 0 aliphatic rings.